The Kier molecular flexibility index (Phi) is 14.6. The van der Waals surface area contributed by atoms with E-state index in [1.807, 2.05) is 6.92 Å². The number of hydrogen-bond donors (Lipinski definition) is 1. The lowest BCUT2D eigenvalue weighted by Gasteiger charge is -2.19. The Morgan fingerprint density at radius 3 is 2.12 bits per heavy atom. The number of esters is 1. The number of unbranched alkanes of at least 4 members (excludes halogenated alkanes) is 3. The van der Waals surface area contributed by atoms with Crippen molar-refractivity contribution in [1.29, 1.82) is 0 Å². The summed E-state index contributed by atoms with van der Waals surface area (Å²) in [5.41, 5.74) is -2.80. The van der Waals surface area contributed by atoms with Gasteiger partial charge in [-0.25, -0.2) is 9.59 Å². The van der Waals surface area contributed by atoms with Crippen LogP contribution in [0.2, 0.25) is 0 Å². The molecule has 3 aromatic carbocycles. The number of carbonyl (C=O) groups excluding carboxylic acids is 1. The zero-order valence-corrected chi connectivity index (χ0v) is 27.8. The first-order chi connectivity index (χ1) is 24.5. The van der Waals surface area contributed by atoms with E-state index in [2.05, 4.69) is 0 Å². The van der Waals surface area contributed by atoms with Crippen molar-refractivity contribution in [2.45, 2.75) is 76.7 Å². The molecule has 0 fully saturated rings. The third kappa shape index (κ3) is 12.9. The first-order valence-electron chi connectivity index (χ1n) is 16.0. The van der Waals surface area contributed by atoms with E-state index < -0.39 is 75.5 Å². The van der Waals surface area contributed by atoms with Crippen LogP contribution in [0.1, 0.15) is 78.9 Å². The largest absolute Gasteiger partial charge is 0.494 e. The van der Waals surface area contributed by atoms with Gasteiger partial charge in [0.15, 0.2) is 0 Å². The van der Waals surface area contributed by atoms with Crippen molar-refractivity contribution in [3.63, 3.8) is 0 Å². The molecule has 0 aliphatic heterocycles. The average molecular weight is 739 g/mol. The molecule has 1 atom stereocenters. The molecule has 0 aliphatic carbocycles. The summed E-state index contributed by atoms with van der Waals surface area (Å²) in [6.07, 6.45) is -5.98. The summed E-state index contributed by atoms with van der Waals surface area (Å²) in [6.45, 7) is 1.99. The van der Waals surface area contributed by atoms with Crippen LogP contribution < -0.4 is 9.47 Å². The molecule has 0 saturated carbocycles. The van der Waals surface area contributed by atoms with Gasteiger partial charge < -0.3 is 19.3 Å². The number of carboxylic acids is 1. The molecular formula is C35H35F5N2O10. The first-order valence-corrected chi connectivity index (χ1v) is 16.0. The Morgan fingerprint density at radius 2 is 1.54 bits per heavy atom. The van der Waals surface area contributed by atoms with Crippen molar-refractivity contribution in [2.24, 2.45) is 0 Å². The maximum atomic E-state index is 14.9. The zero-order chi connectivity index (χ0) is 38.5. The minimum Gasteiger partial charge on any atom is -0.494 e. The van der Waals surface area contributed by atoms with Gasteiger partial charge in [0, 0.05) is 30.5 Å². The summed E-state index contributed by atoms with van der Waals surface area (Å²) in [5.74, 6) is -2.40. The van der Waals surface area contributed by atoms with Crippen LogP contribution in [-0.2, 0) is 22.1 Å². The molecule has 17 heteroatoms. The van der Waals surface area contributed by atoms with Crippen molar-refractivity contribution >= 4 is 29.4 Å². The van der Waals surface area contributed by atoms with Gasteiger partial charge in [-0.2, -0.15) is 22.0 Å². The minimum absolute atomic E-state index is 0.0138. The first kappa shape index (κ1) is 40.8. The van der Waals surface area contributed by atoms with Gasteiger partial charge in [-0.3, -0.25) is 20.2 Å². The molecule has 12 nitrogen and oxygen atoms in total. The molecule has 3 rings (SSSR count). The summed E-state index contributed by atoms with van der Waals surface area (Å²) in [6, 6.07) is 11.4. The van der Waals surface area contributed by atoms with Crippen LogP contribution in [0.25, 0.3) is 6.08 Å². The molecule has 0 saturated heterocycles. The summed E-state index contributed by atoms with van der Waals surface area (Å²) in [4.78, 5) is 45.6. The predicted molar refractivity (Wildman–Crippen MR) is 176 cm³/mol. The number of hydrogen-bond acceptors (Lipinski definition) is 9. The monoisotopic (exact) mass is 738 g/mol. The molecule has 1 N–H and O–H groups in total. The van der Waals surface area contributed by atoms with E-state index >= 15 is 0 Å². The quantitative estimate of drug-likeness (QED) is 0.0295. The number of rotatable bonds is 20. The van der Waals surface area contributed by atoms with Crippen molar-refractivity contribution in [3.8, 4) is 11.5 Å². The van der Waals surface area contributed by atoms with Gasteiger partial charge in [0.1, 0.15) is 17.6 Å². The lowest BCUT2D eigenvalue weighted by molar-refractivity contribution is -0.394. The number of carboxylic acid groups (broad SMARTS) is 1. The van der Waals surface area contributed by atoms with E-state index in [9.17, 15) is 56.9 Å². The SMILES string of the molecule is CCCCC(Cc1c(C(=O)O)cc([N+](=O)[O-])cc1[N+](=O)[O-])OC(=O)C=Cc1ccc(C(F)(F)Oc2ccc(OCCCCCC(F)(F)F)cc2)cc1. The van der Waals surface area contributed by atoms with Gasteiger partial charge in [0.05, 0.1) is 33.6 Å². The zero-order valence-electron chi connectivity index (χ0n) is 27.8. The molecule has 3 aromatic rings. The highest BCUT2D eigenvalue weighted by molar-refractivity contribution is 5.92. The van der Waals surface area contributed by atoms with Crippen LogP contribution in [0.4, 0.5) is 33.3 Å². The van der Waals surface area contributed by atoms with E-state index in [1.54, 1.807) is 0 Å². The third-order valence-electron chi connectivity index (χ3n) is 7.55. The minimum atomic E-state index is -4.20. The van der Waals surface area contributed by atoms with Gasteiger partial charge in [0.2, 0.25) is 0 Å². The molecule has 0 bridgehead atoms. The second kappa shape index (κ2) is 18.6. The van der Waals surface area contributed by atoms with Gasteiger partial charge >= 0.3 is 24.2 Å². The smallest absolute Gasteiger partial charge is 0.426 e. The van der Waals surface area contributed by atoms with Gasteiger partial charge in [0.25, 0.3) is 11.4 Å². The fourth-order valence-electron chi connectivity index (χ4n) is 4.94. The highest BCUT2D eigenvalue weighted by Crippen LogP contribution is 2.34. The molecule has 52 heavy (non-hydrogen) atoms. The third-order valence-corrected chi connectivity index (χ3v) is 7.55. The molecular weight excluding hydrogens is 703 g/mol. The van der Waals surface area contributed by atoms with E-state index in [0.717, 1.165) is 18.2 Å². The number of benzene rings is 3. The summed E-state index contributed by atoms with van der Waals surface area (Å²) in [5, 5.41) is 32.6. The summed E-state index contributed by atoms with van der Waals surface area (Å²) >= 11 is 0. The van der Waals surface area contributed by atoms with E-state index in [0.29, 0.717) is 49.1 Å². The number of carbonyl (C=O) groups is 2. The van der Waals surface area contributed by atoms with Gasteiger partial charge in [-0.05, 0) is 73.7 Å². The fourth-order valence-corrected chi connectivity index (χ4v) is 4.94. The summed E-state index contributed by atoms with van der Waals surface area (Å²) in [7, 11) is 0. The second-order valence-electron chi connectivity index (χ2n) is 11.5. The Balaban J connectivity index is 1.62. The number of halogens is 5. The highest BCUT2D eigenvalue weighted by atomic mass is 19.4. The Labute approximate surface area is 294 Å². The molecule has 0 amide bonds. The lowest BCUT2D eigenvalue weighted by Crippen LogP contribution is -2.22. The van der Waals surface area contributed by atoms with Crippen LogP contribution >= 0.6 is 0 Å². The van der Waals surface area contributed by atoms with E-state index in [-0.39, 0.29) is 30.8 Å². The molecule has 0 radical (unpaired) electrons. The van der Waals surface area contributed by atoms with Crippen molar-refractivity contribution in [3.05, 3.63) is 109 Å². The van der Waals surface area contributed by atoms with Crippen LogP contribution in [0.15, 0.2) is 66.7 Å². The molecule has 0 heterocycles. The van der Waals surface area contributed by atoms with Crippen LogP contribution in [-0.4, -0.2) is 45.8 Å². The lowest BCUT2D eigenvalue weighted by atomic mass is 9.96. The number of nitro benzene ring substituents is 2. The number of nitro groups is 2. The molecule has 0 aliphatic rings. The topological polar surface area (TPSA) is 168 Å². The van der Waals surface area contributed by atoms with Crippen LogP contribution in [0, 0.1) is 20.2 Å². The van der Waals surface area contributed by atoms with Crippen molar-refractivity contribution in [1.82, 2.24) is 0 Å². The molecule has 0 spiro atoms. The number of non-ortho nitro benzene ring substituents is 1. The van der Waals surface area contributed by atoms with E-state index in [1.165, 1.54) is 42.5 Å². The van der Waals surface area contributed by atoms with Crippen LogP contribution in [0.3, 0.4) is 0 Å². The Bertz CT molecular complexity index is 1690. The molecule has 280 valence electrons. The Morgan fingerprint density at radius 1 is 0.885 bits per heavy atom. The highest BCUT2D eigenvalue weighted by Gasteiger charge is 2.34. The van der Waals surface area contributed by atoms with Crippen molar-refractivity contribution < 1.29 is 60.7 Å². The fraction of sp³-hybridized carbons (Fsp3) is 0.371. The molecule has 1 unspecified atom stereocenters. The molecule has 0 aromatic heterocycles. The van der Waals surface area contributed by atoms with E-state index in [4.69, 9.17) is 14.2 Å². The normalized spacial score (nSPS) is 12.3. The number of aromatic carboxylic acids is 1. The predicted octanol–water partition coefficient (Wildman–Crippen LogP) is 9.19. The number of alkyl halides is 5. The average Bonchev–Trinajstić information content (AvgIpc) is 3.07. The standard InChI is InChI=1S/C35H35F5N2O10/c1-2-3-7-28(22-29-30(33(44)45)20-25(41(46)47)21-31(29)42(48)49)51-32(43)17-10-23-8-11-24(12-9-23)35(39,40)52-27-15-13-26(14-16-27)50-19-6-4-5-18-34(36,37)38/h8-17,20-21,28H,2-7,18-19,22H2,1H3,(H,44,45). The number of nitrogens with zero attached hydrogens (tertiary/aromatic N) is 2. The van der Waals surface area contributed by atoms with Crippen molar-refractivity contribution in [2.75, 3.05) is 6.61 Å². The maximum absolute atomic E-state index is 14.9. The number of ether oxygens (including phenoxy) is 3. The van der Waals surface area contributed by atoms with Gasteiger partial charge in [-0.15, -0.1) is 0 Å². The van der Waals surface area contributed by atoms with Crippen LogP contribution in [0.5, 0.6) is 11.5 Å². The maximum Gasteiger partial charge on any atom is 0.426 e. The van der Waals surface area contributed by atoms with Gasteiger partial charge in [-0.1, -0.05) is 31.9 Å². The Hall–Kier alpha value is -5.61. The second-order valence-corrected chi connectivity index (χ2v) is 11.5. The summed E-state index contributed by atoms with van der Waals surface area (Å²) < 4.78 is 82.2.